The first-order valence-corrected chi connectivity index (χ1v) is 8.18. The first-order valence-electron chi connectivity index (χ1n) is 6.77. The SMILES string of the molecule is CCOS(=O)(=O)c1cc2oc(CC)nc2c2ccccc12. The smallest absolute Gasteiger partial charge is 0.297 e. The van der Waals surface area contributed by atoms with Crippen LogP contribution in [0.3, 0.4) is 0 Å². The summed E-state index contributed by atoms with van der Waals surface area (Å²) >= 11 is 0. The minimum atomic E-state index is -3.81. The molecular formula is C15H15NO4S. The standard InChI is InChI=1S/C15H15NO4S/c1-3-14-16-15-11-8-6-5-7-10(11)13(9-12(15)20-14)21(17,18)19-4-2/h5-9H,3-4H2,1-2H3. The molecule has 5 nitrogen and oxygen atoms in total. The summed E-state index contributed by atoms with van der Waals surface area (Å²) in [4.78, 5) is 4.54. The van der Waals surface area contributed by atoms with Crippen molar-refractivity contribution in [2.75, 3.05) is 6.61 Å². The Balaban J connectivity index is 2.43. The maximum absolute atomic E-state index is 12.3. The number of hydrogen-bond donors (Lipinski definition) is 0. The maximum Gasteiger partial charge on any atom is 0.297 e. The number of nitrogens with zero attached hydrogens (tertiary/aromatic N) is 1. The van der Waals surface area contributed by atoms with Gasteiger partial charge in [0.25, 0.3) is 10.1 Å². The van der Waals surface area contributed by atoms with E-state index in [9.17, 15) is 8.42 Å². The molecule has 1 heterocycles. The van der Waals surface area contributed by atoms with Gasteiger partial charge in [0.05, 0.1) is 6.61 Å². The summed E-state index contributed by atoms with van der Waals surface area (Å²) in [6, 6.07) is 8.72. The summed E-state index contributed by atoms with van der Waals surface area (Å²) in [6.45, 7) is 3.66. The molecule has 0 spiro atoms. The number of rotatable bonds is 4. The molecule has 3 aromatic rings. The second-order valence-corrected chi connectivity index (χ2v) is 6.17. The van der Waals surface area contributed by atoms with Crippen molar-refractivity contribution in [2.45, 2.75) is 25.2 Å². The molecule has 0 fully saturated rings. The van der Waals surface area contributed by atoms with E-state index in [2.05, 4.69) is 4.98 Å². The molecule has 110 valence electrons. The third-order valence-electron chi connectivity index (χ3n) is 3.25. The second kappa shape index (κ2) is 5.13. The molecule has 0 unspecified atom stereocenters. The summed E-state index contributed by atoms with van der Waals surface area (Å²) in [6.07, 6.45) is 0.649. The molecule has 0 saturated carbocycles. The molecule has 0 aliphatic heterocycles. The Morgan fingerprint density at radius 3 is 2.57 bits per heavy atom. The van der Waals surface area contributed by atoms with Crippen molar-refractivity contribution in [1.82, 2.24) is 4.98 Å². The zero-order chi connectivity index (χ0) is 15.0. The van der Waals surface area contributed by atoms with E-state index in [4.69, 9.17) is 8.60 Å². The van der Waals surface area contributed by atoms with Gasteiger partial charge >= 0.3 is 0 Å². The van der Waals surface area contributed by atoms with Crippen LogP contribution in [0.15, 0.2) is 39.6 Å². The highest BCUT2D eigenvalue weighted by atomic mass is 32.2. The molecule has 3 rings (SSSR count). The van der Waals surface area contributed by atoms with Crippen molar-refractivity contribution in [3.05, 3.63) is 36.2 Å². The van der Waals surface area contributed by atoms with Gasteiger partial charge in [-0.1, -0.05) is 31.2 Å². The molecule has 6 heteroatoms. The lowest BCUT2D eigenvalue weighted by Crippen LogP contribution is -2.06. The monoisotopic (exact) mass is 305 g/mol. The van der Waals surface area contributed by atoms with Crippen molar-refractivity contribution >= 4 is 32.0 Å². The predicted molar refractivity (Wildman–Crippen MR) is 79.7 cm³/mol. The van der Waals surface area contributed by atoms with E-state index in [1.807, 2.05) is 19.1 Å². The Kier molecular flexibility index (Phi) is 3.43. The molecule has 0 saturated heterocycles. The Morgan fingerprint density at radius 2 is 1.90 bits per heavy atom. The topological polar surface area (TPSA) is 69.4 Å². The molecule has 0 aliphatic rings. The summed E-state index contributed by atoms with van der Waals surface area (Å²) in [5.41, 5.74) is 1.14. The second-order valence-electron chi connectivity index (χ2n) is 4.59. The third-order valence-corrected chi connectivity index (χ3v) is 4.67. The Labute approximate surface area is 122 Å². The first-order chi connectivity index (χ1) is 10.1. The summed E-state index contributed by atoms with van der Waals surface area (Å²) < 4.78 is 35.1. The molecular weight excluding hydrogens is 290 g/mol. The van der Waals surface area contributed by atoms with Crippen molar-refractivity contribution < 1.29 is 17.0 Å². The van der Waals surface area contributed by atoms with Gasteiger partial charge in [0.15, 0.2) is 11.5 Å². The van der Waals surface area contributed by atoms with Crippen molar-refractivity contribution in [1.29, 1.82) is 0 Å². The van der Waals surface area contributed by atoms with E-state index in [0.717, 1.165) is 5.39 Å². The minimum absolute atomic E-state index is 0.0886. The quantitative estimate of drug-likeness (QED) is 0.692. The number of aryl methyl sites for hydroxylation is 1. The van der Waals surface area contributed by atoms with E-state index in [-0.39, 0.29) is 11.5 Å². The third kappa shape index (κ3) is 2.30. The van der Waals surface area contributed by atoms with Gasteiger partial charge < -0.3 is 4.42 Å². The van der Waals surface area contributed by atoms with E-state index in [1.54, 1.807) is 19.1 Å². The van der Waals surface area contributed by atoms with Gasteiger partial charge in [0.2, 0.25) is 0 Å². The fourth-order valence-corrected chi connectivity index (χ4v) is 3.48. The zero-order valence-electron chi connectivity index (χ0n) is 11.8. The Morgan fingerprint density at radius 1 is 1.19 bits per heavy atom. The molecule has 21 heavy (non-hydrogen) atoms. The average Bonchev–Trinajstić information content (AvgIpc) is 2.89. The van der Waals surface area contributed by atoms with Crippen molar-refractivity contribution in [2.24, 2.45) is 0 Å². The van der Waals surface area contributed by atoms with Crippen LogP contribution >= 0.6 is 0 Å². The van der Waals surface area contributed by atoms with E-state index < -0.39 is 10.1 Å². The Hall–Kier alpha value is -1.92. The predicted octanol–water partition coefficient (Wildman–Crippen LogP) is 3.27. The Bertz CT molecular complexity index is 912. The van der Waals surface area contributed by atoms with Crippen LogP contribution in [0.25, 0.3) is 21.9 Å². The fourth-order valence-electron chi connectivity index (χ4n) is 2.35. The van der Waals surface area contributed by atoms with Crippen LogP contribution in [-0.2, 0) is 20.7 Å². The number of hydrogen-bond acceptors (Lipinski definition) is 5. The average molecular weight is 305 g/mol. The summed E-state index contributed by atoms with van der Waals surface area (Å²) in [7, 11) is -3.81. The summed E-state index contributed by atoms with van der Waals surface area (Å²) in [5, 5.41) is 1.34. The van der Waals surface area contributed by atoms with Crippen LogP contribution in [-0.4, -0.2) is 20.0 Å². The highest BCUT2D eigenvalue weighted by Gasteiger charge is 2.21. The molecule has 0 N–H and O–H groups in total. The van der Waals surface area contributed by atoms with E-state index >= 15 is 0 Å². The molecule has 0 amide bonds. The van der Waals surface area contributed by atoms with Gasteiger partial charge in [-0.15, -0.1) is 0 Å². The number of fused-ring (bicyclic) bond motifs is 3. The molecule has 0 radical (unpaired) electrons. The lowest BCUT2D eigenvalue weighted by Gasteiger charge is -2.07. The molecule has 0 aliphatic carbocycles. The zero-order valence-corrected chi connectivity index (χ0v) is 12.6. The lowest BCUT2D eigenvalue weighted by atomic mass is 10.1. The van der Waals surface area contributed by atoms with Crippen molar-refractivity contribution in [3.63, 3.8) is 0 Å². The van der Waals surface area contributed by atoms with E-state index in [1.165, 1.54) is 6.07 Å². The minimum Gasteiger partial charge on any atom is -0.441 e. The summed E-state index contributed by atoms with van der Waals surface area (Å²) in [5.74, 6) is 0.584. The van der Waals surface area contributed by atoms with Crippen molar-refractivity contribution in [3.8, 4) is 0 Å². The number of oxazole rings is 1. The number of aromatic nitrogens is 1. The van der Waals surface area contributed by atoms with Gasteiger partial charge in [-0.25, -0.2) is 4.98 Å². The first kappa shape index (κ1) is 14.0. The van der Waals surface area contributed by atoms with Crippen LogP contribution in [0, 0.1) is 0 Å². The van der Waals surface area contributed by atoms with Crippen LogP contribution in [0.1, 0.15) is 19.7 Å². The fraction of sp³-hybridized carbons (Fsp3) is 0.267. The van der Waals surface area contributed by atoms with Crippen LogP contribution in [0.4, 0.5) is 0 Å². The lowest BCUT2D eigenvalue weighted by molar-refractivity contribution is 0.338. The highest BCUT2D eigenvalue weighted by molar-refractivity contribution is 7.87. The highest BCUT2D eigenvalue weighted by Crippen LogP contribution is 2.32. The molecule has 0 bridgehead atoms. The van der Waals surface area contributed by atoms with Gasteiger partial charge in [-0.05, 0) is 6.92 Å². The van der Waals surface area contributed by atoms with Gasteiger partial charge in [-0.2, -0.15) is 8.42 Å². The maximum atomic E-state index is 12.3. The largest absolute Gasteiger partial charge is 0.441 e. The van der Waals surface area contributed by atoms with Gasteiger partial charge in [0.1, 0.15) is 10.4 Å². The van der Waals surface area contributed by atoms with E-state index in [0.29, 0.717) is 28.8 Å². The molecule has 0 atom stereocenters. The van der Waals surface area contributed by atoms with Crippen LogP contribution in [0.5, 0.6) is 0 Å². The van der Waals surface area contributed by atoms with Crippen LogP contribution < -0.4 is 0 Å². The normalized spacial score (nSPS) is 12.3. The van der Waals surface area contributed by atoms with Gasteiger partial charge in [0, 0.05) is 23.3 Å². The number of benzene rings is 2. The van der Waals surface area contributed by atoms with Gasteiger partial charge in [-0.3, -0.25) is 4.18 Å². The molecule has 1 aromatic heterocycles. The van der Waals surface area contributed by atoms with Crippen LogP contribution in [0.2, 0.25) is 0 Å². The molecule has 2 aromatic carbocycles.